The van der Waals surface area contributed by atoms with E-state index in [4.69, 9.17) is 0 Å². The molecule has 2 rings (SSSR count). The van der Waals surface area contributed by atoms with Crippen LogP contribution in [0.3, 0.4) is 0 Å². The Labute approximate surface area is 116 Å². The van der Waals surface area contributed by atoms with Gasteiger partial charge in [-0.25, -0.2) is 0 Å². The van der Waals surface area contributed by atoms with E-state index in [1.807, 2.05) is 17.9 Å². The van der Waals surface area contributed by atoms with Crippen molar-refractivity contribution in [1.82, 2.24) is 20.0 Å². The van der Waals surface area contributed by atoms with Crippen molar-refractivity contribution in [2.24, 2.45) is 0 Å². The fraction of sp³-hybridized carbons (Fsp3) is 0.667. The predicted molar refractivity (Wildman–Crippen MR) is 73.2 cm³/mol. The van der Waals surface area contributed by atoms with Gasteiger partial charge in [-0.3, -0.25) is 9.48 Å². The number of amides is 1. The van der Waals surface area contributed by atoms with Gasteiger partial charge in [0.1, 0.15) is 0 Å². The molecule has 2 atom stereocenters. The minimum absolute atomic E-state index is 0.247. The highest BCUT2D eigenvalue weighted by molar-refractivity contribution is 9.10. The van der Waals surface area contributed by atoms with Crippen LogP contribution in [0.15, 0.2) is 16.9 Å². The molecule has 0 spiro atoms. The van der Waals surface area contributed by atoms with Crippen molar-refractivity contribution in [1.29, 1.82) is 0 Å². The van der Waals surface area contributed by atoms with E-state index in [2.05, 4.69) is 33.3 Å². The Morgan fingerprint density at radius 3 is 3.06 bits per heavy atom. The maximum atomic E-state index is 11.4. The molecular weight excluding hydrogens is 296 g/mol. The number of aromatic nitrogens is 2. The van der Waals surface area contributed by atoms with Crippen molar-refractivity contribution in [2.45, 2.75) is 38.4 Å². The van der Waals surface area contributed by atoms with Gasteiger partial charge >= 0.3 is 0 Å². The van der Waals surface area contributed by atoms with E-state index < -0.39 is 0 Å². The second-order valence-corrected chi connectivity index (χ2v) is 5.87. The highest BCUT2D eigenvalue weighted by atomic mass is 79.9. The van der Waals surface area contributed by atoms with E-state index in [0.29, 0.717) is 18.5 Å². The molecule has 0 aromatic carbocycles. The third-order valence-corrected chi connectivity index (χ3v) is 3.62. The van der Waals surface area contributed by atoms with Gasteiger partial charge in [-0.15, -0.1) is 0 Å². The smallest absolute Gasteiger partial charge is 0.222 e. The van der Waals surface area contributed by atoms with E-state index >= 15 is 0 Å². The maximum absolute atomic E-state index is 11.4. The molecule has 18 heavy (non-hydrogen) atoms. The minimum atomic E-state index is 0.247. The zero-order valence-corrected chi connectivity index (χ0v) is 12.4. The summed E-state index contributed by atoms with van der Waals surface area (Å²) < 4.78 is 2.91. The summed E-state index contributed by atoms with van der Waals surface area (Å²) >= 11 is 3.39. The number of likely N-dealkylation sites (N-methyl/N-ethyl adjacent to an activating group) is 1. The van der Waals surface area contributed by atoms with E-state index in [0.717, 1.165) is 24.0 Å². The molecule has 6 heteroatoms. The molecule has 0 radical (unpaired) electrons. The van der Waals surface area contributed by atoms with Crippen LogP contribution in [0.5, 0.6) is 0 Å². The molecule has 100 valence electrons. The van der Waals surface area contributed by atoms with Gasteiger partial charge in [-0.2, -0.15) is 5.10 Å². The number of halogens is 1. The van der Waals surface area contributed by atoms with Crippen molar-refractivity contribution in [3.63, 3.8) is 0 Å². The summed E-state index contributed by atoms with van der Waals surface area (Å²) in [7, 11) is 1.87. The van der Waals surface area contributed by atoms with Crippen LogP contribution in [0.1, 0.15) is 19.8 Å². The Morgan fingerprint density at radius 2 is 2.44 bits per heavy atom. The number of hydrogen-bond acceptors (Lipinski definition) is 3. The molecule has 2 heterocycles. The number of rotatable bonds is 4. The van der Waals surface area contributed by atoms with Gasteiger partial charge in [-0.1, -0.05) is 0 Å². The molecule has 0 saturated carbocycles. The topological polar surface area (TPSA) is 50.2 Å². The van der Waals surface area contributed by atoms with Crippen LogP contribution in [0.25, 0.3) is 0 Å². The molecule has 5 nitrogen and oxygen atoms in total. The lowest BCUT2D eigenvalue weighted by Gasteiger charge is -2.32. The number of piperidine rings is 1. The number of nitrogens with zero attached hydrogens (tertiary/aromatic N) is 3. The standard InChI is InChI=1S/C12H19BrN4O/c1-9(6-17-7-10(13)5-14-17)15-11-3-4-12(18)16(2)8-11/h5,7,9,11,15H,3-4,6,8H2,1-2H3/t9-,11-/m1/s1. The van der Waals surface area contributed by atoms with Gasteiger partial charge in [0, 0.05) is 38.3 Å². The van der Waals surface area contributed by atoms with E-state index in [1.165, 1.54) is 0 Å². The second-order valence-electron chi connectivity index (χ2n) is 4.96. The van der Waals surface area contributed by atoms with Crippen LogP contribution in [0.4, 0.5) is 0 Å². The molecule has 1 aliphatic heterocycles. The first-order valence-corrected chi connectivity index (χ1v) is 7.02. The Hall–Kier alpha value is -0.880. The lowest BCUT2D eigenvalue weighted by atomic mass is 10.0. The summed E-state index contributed by atoms with van der Waals surface area (Å²) in [6.07, 6.45) is 5.33. The fourth-order valence-electron chi connectivity index (χ4n) is 2.32. The Kier molecular flexibility index (Phi) is 4.40. The zero-order valence-electron chi connectivity index (χ0n) is 10.8. The number of hydrogen-bond donors (Lipinski definition) is 1. The summed E-state index contributed by atoms with van der Waals surface area (Å²) in [4.78, 5) is 13.2. The summed E-state index contributed by atoms with van der Waals surface area (Å²) in [5, 5.41) is 7.80. The average Bonchev–Trinajstić information content (AvgIpc) is 2.69. The number of nitrogens with one attached hydrogen (secondary N) is 1. The first-order chi connectivity index (χ1) is 8.54. The lowest BCUT2D eigenvalue weighted by molar-refractivity contribution is -0.132. The number of likely N-dealkylation sites (tertiary alicyclic amines) is 1. The number of carbonyl (C=O) groups excluding carboxylic acids is 1. The van der Waals surface area contributed by atoms with E-state index in [1.54, 1.807) is 11.1 Å². The third kappa shape index (κ3) is 3.55. The minimum Gasteiger partial charge on any atom is -0.344 e. The molecule has 1 aromatic rings. The molecule has 1 fully saturated rings. The van der Waals surface area contributed by atoms with E-state index in [-0.39, 0.29) is 5.91 Å². The molecule has 0 bridgehead atoms. The highest BCUT2D eigenvalue weighted by Gasteiger charge is 2.23. The summed E-state index contributed by atoms with van der Waals surface area (Å²) in [6.45, 7) is 3.78. The predicted octanol–water partition coefficient (Wildman–Crippen LogP) is 1.24. The molecule has 0 aliphatic carbocycles. The van der Waals surface area contributed by atoms with Crippen molar-refractivity contribution in [3.8, 4) is 0 Å². The van der Waals surface area contributed by atoms with Crippen LogP contribution in [0.2, 0.25) is 0 Å². The second kappa shape index (κ2) is 5.84. The van der Waals surface area contributed by atoms with Gasteiger partial charge in [0.15, 0.2) is 0 Å². The van der Waals surface area contributed by atoms with Crippen LogP contribution in [-0.4, -0.2) is 46.3 Å². The first kappa shape index (κ1) is 13.5. The van der Waals surface area contributed by atoms with Gasteiger partial charge in [0.25, 0.3) is 0 Å². The van der Waals surface area contributed by atoms with Gasteiger partial charge in [0.05, 0.1) is 17.2 Å². The van der Waals surface area contributed by atoms with Crippen molar-refractivity contribution in [3.05, 3.63) is 16.9 Å². The monoisotopic (exact) mass is 314 g/mol. The number of carbonyl (C=O) groups is 1. The maximum Gasteiger partial charge on any atom is 0.222 e. The van der Waals surface area contributed by atoms with E-state index in [9.17, 15) is 4.79 Å². The molecule has 1 amide bonds. The lowest BCUT2D eigenvalue weighted by Crippen LogP contribution is -2.50. The summed E-state index contributed by atoms with van der Waals surface area (Å²) in [5.41, 5.74) is 0. The van der Waals surface area contributed by atoms with Crippen molar-refractivity contribution >= 4 is 21.8 Å². The Bertz CT molecular complexity index is 420. The summed E-state index contributed by atoms with van der Waals surface area (Å²) in [5.74, 6) is 0.247. The fourth-order valence-corrected chi connectivity index (χ4v) is 2.65. The van der Waals surface area contributed by atoms with Gasteiger partial charge in [-0.05, 0) is 29.3 Å². The van der Waals surface area contributed by atoms with Gasteiger partial charge < -0.3 is 10.2 Å². The van der Waals surface area contributed by atoms with Crippen molar-refractivity contribution < 1.29 is 4.79 Å². The first-order valence-electron chi connectivity index (χ1n) is 6.22. The molecule has 1 aliphatic rings. The Morgan fingerprint density at radius 1 is 1.67 bits per heavy atom. The third-order valence-electron chi connectivity index (χ3n) is 3.21. The molecular formula is C12H19BrN4O. The molecule has 0 unspecified atom stereocenters. The van der Waals surface area contributed by atoms with Crippen LogP contribution < -0.4 is 5.32 Å². The van der Waals surface area contributed by atoms with Crippen molar-refractivity contribution in [2.75, 3.05) is 13.6 Å². The normalized spacial score (nSPS) is 22.3. The molecule has 1 saturated heterocycles. The van der Waals surface area contributed by atoms with Crippen LogP contribution in [-0.2, 0) is 11.3 Å². The summed E-state index contributed by atoms with van der Waals surface area (Å²) in [6, 6.07) is 0.727. The van der Waals surface area contributed by atoms with Crippen LogP contribution >= 0.6 is 15.9 Å². The largest absolute Gasteiger partial charge is 0.344 e. The zero-order chi connectivity index (χ0) is 13.1. The Balaban J connectivity index is 1.80. The highest BCUT2D eigenvalue weighted by Crippen LogP contribution is 2.11. The van der Waals surface area contributed by atoms with Gasteiger partial charge in [0.2, 0.25) is 5.91 Å². The molecule has 1 aromatic heterocycles. The SMILES string of the molecule is C[C@H](Cn1cc(Br)cn1)N[C@@H]1CCC(=O)N(C)C1. The molecule has 1 N–H and O–H groups in total. The van der Waals surface area contributed by atoms with Crippen LogP contribution in [0, 0.1) is 0 Å². The average molecular weight is 315 g/mol. The quantitative estimate of drug-likeness (QED) is 0.910.